The molecule has 7 nitrogen and oxygen atoms in total. The van der Waals surface area contributed by atoms with Crippen molar-refractivity contribution in [3.05, 3.63) is 59.2 Å². The molecule has 0 N–H and O–H groups in total. The van der Waals surface area contributed by atoms with Crippen LogP contribution in [0.2, 0.25) is 0 Å². The maximum Gasteiger partial charge on any atom is 0.337 e. The van der Waals surface area contributed by atoms with Crippen LogP contribution in [-0.4, -0.2) is 46.2 Å². The second kappa shape index (κ2) is 8.02. The lowest BCUT2D eigenvalue weighted by molar-refractivity contribution is 0.0600. The van der Waals surface area contributed by atoms with Gasteiger partial charge in [-0.15, -0.1) is 0 Å². The molecule has 8 heteroatoms. The second-order valence-corrected chi connectivity index (χ2v) is 8.48. The summed E-state index contributed by atoms with van der Waals surface area (Å²) < 4.78 is 35.8. The molecule has 0 saturated carbocycles. The van der Waals surface area contributed by atoms with Crippen LogP contribution in [0.5, 0.6) is 5.75 Å². The number of sulfonamides is 1. The predicted molar refractivity (Wildman–Crippen MR) is 105 cm³/mol. The predicted octanol–water partition coefficient (Wildman–Crippen LogP) is 2.45. The third-order valence-electron chi connectivity index (χ3n) is 4.60. The van der Waals surface area contributed by atoms with Crippen molar-refractivity contribution in [1.29, 1.82) is 0 Å². The highest BCUT2D eigenvalue weighted by Crippen LogP contribution is 2.31. The summed E-state index contributed by atoms with van der Waals surface area (Å²) in [6.07, 6.45) is 0.575. The normalized spacial score (nSPS) is 13.1. The number of ketones is 1. The fourth-order valence-electron chi connectivity index (χ4n) is 3.03. The fraction of sp³-hybridized carbons (Fsp3) is 0.300. The second-order valence-electron chi connectivity index (χ2n) is 6.29. The van der Waals surface area contributed by atoms with Crippen LogP contribution >= 0.6 is 0 Å². The zero-order valence-electron chi connectivity index (χ0n) is 15.7. The molecule has 0 unspecified atom stereocenters. The Labute approximate surface area is 163 Å². The maximum atomic E-state index is 12.4. The number of esters is 1. The number of carbonyl (C=O) groups excluding carboxylic acids is 2. The summed E-state index contributed by atoms with van der Waals surface area (Å²) in [5.74, 6) is -0.158. The van der Waals surface area contributed by atoms with Crippen LogP contribution in [0.4, 0.5) is 5.69 Å². The van der Waals surface area contributed by atoms with Gasteiger partial charge in [0, 0.05) is 12.1 Å². The minimum absolute atomic E-state index is 0.0374. The molecule has 0 amide bonds. The fourth-order valence-corrected chi connectivity index (χ4v) is 4.19. The molecule has 0 radical (unpaired) electrons. The van der Waals surface area contributed by atoms with Crippen LogP contribution in [0.1, 0.15) is 33.2 Å². The number of nitrogens with zero attached hydrogens (tertiary/aromatic N) is 1. The van der Waals surface area contributed by atoms with E-state index in [1.807, 2.05) is 0 Å². The molecule has 0 atom stereocenters. The largest absolute Gasteiger partial charge is 0.485 e. The van der Waals surface area contributed by atoms with E-state index in [-0.39, 0.29) is 18.1 Å². The molecule has 0 fully saturated rings. The molecule has 28 heavy (non-hydrogen) atoms. The number of benzene rings is 2. The van der Waals surface area contributed by atoms with Crippen molar-refractivity contribution in [3.8, 4) is 5.75 Å². The molecule has 0 spiro atoms. The Morgan fingerprint density at radius 1 is 1.07 bits per heavy atom. The van der Waals surface area contributed by atoms with Gasteiger partial charge in [0.05, 0.1) is 24.1 Å². The van der Waals surface area contributed by atoms with Gasteiger partial charge in [-0.2, -0.15) is 0 Å². The minimum atomic E-state index is -3.31. The highest BCUT2D eigenvalue weighted by molar-refractivity contribution is 7.92. The zero-order chi connectivity index (χ0) is 20.3. The molecule has 1 aliphatic heterocycles. The lowest BCUT2D eigenvalue weighted by Gasteiger charge is -2.18. The monoisotopic (exact) mass is 403 g/mol. The molecule has 3 rings (SSSR count). The molecule has 0 bridgehead atoms. The summed E-state index contributed by atoms with van der Waals surface area (Å²) >= 11 is 0. The zero-order valence-corrected chi connectivity index (χ0v) is 16.5. The first-order valence-electron chi connectivity index (χ1n) is 8.83. The first-order valence-corrected chi connectivity index (χ1v) is 10.4. The number of carbonyl (C=O) groups is 2. The first kappa shape index (κ1) is 19.9. The number of fused-ring (bicyclic) bond motifs is 1. The molecule has 2 aromatic carbocycles. The number of hydrogen-bond acceptors (Lipinski definition) is 6. The molecule has 0 saturated heterocycles. The third kappa shape index (κ3) is 4.01. The summed E-state index contributed by atoms with van der Waals surface area (Å²) in [4.78, 5) is 23.9. The van der Waals surface area contributed by atoms with Gasteiger partial charge in [0.25, 0.3) is 0 Å². The topological polar surface area (TPSA) is 90.0 Å². The Balaban J connectivity index is 1.67. The Bertz CT molecular complexity index is 998. The number of methoxy groups -OCH3 is 1. The molecule has 2 aromatic rings. The van der Waals surface area contributed by atoms with E-state index in [2.05, 4.69) is 4.74 Å². The van der Waals surface area contributed by atoms with Gasteiger partial charge >= 0.3 is 5.97 Å². The molecule has 148 valence electrons. The summed E-state index contributed by atoms with van der Waals surface area (Å²) in [7, 11) is -2.01. The number of anilines is 1. The van der Waals surface area contributed by atoms with E-state index in [0.29, 0.717) is 35.5 Å². The van der Waals surface area contributed by atoms with Crippen molar-refractivity contribution in [2.45, 2.75) is 13.3 Å². The van der Waals surface area contributed by atoms with E-state index in [4.69, 9.17) is 4.74 Å². The maximum absolute atomic E-state index is 12.4. The van der Waals surface area contributed by atoms with E-state index in [0.717, 1.165) is 5.56 Å². The first-order chi connectivity index (χ1) is 13.4. The van der Waals surface area contributed by atoms with Crippen molar-refractivity contribution in [2.24, 2.45) is 0 Å². The van der Waals surface area contributed by atoms with Crippen molar-refractivity contribution >= 4 is 27.5 Å². The lowest BCUT2D eigenvalue weighted by atomic mass is 10.1. The smallest absolute Gasteiger partial charge is 0.337 e. The highest BCUT2D eigenvalue weighted by Gasteiger charge is 2.28. The molecular weight excluding hydrogens is 382 g/mol. The number of ether oxygens (including phenoxy) is 2. The summed E-state index contributed by atoms with van der Waals surface area (Å²) in [5, 5.41) is 0. The van der Waals surface area contributed by atoms with Crippen LogP contribution < -0.4 is 9.04 Å². The quantitative estimate of drug-likeness (QED) is 0.521. The number of hydrogen-bond donors (Lipinski definition) is 0. The van der Waals surface area contributed by atoms with E-state index in [9.17, 15) is 18.0 Å². The summed E-state index contributed by atoms with van der Waals surface area (Å²) in [6.45, 7) is 1.85. The summed E-state index contributed by atoms with van der Waals surface area (Å²) in [5.41, 5.74) is 2.34. The van der Waals surface area contributed by atoms with Gasteiger partial charge in [-0.25, -0.2) is 13.2 Å². The Kier molecular flexibility index (Phi) is 5.69. The molecule has 1 aliphatic rings. The number of rotatable bonds is 7. The Morgan fingerprint density at radius 2 is 1.75 bits per heavy atom. The van der Waals surface area contributed by atoms with E-state index in [1.54, 1.807) is 49.4 Å². The highest BCUT2D eigenvalue weighted by atomic mass is 32.2. The standard InChI is InChI=1S/C20H21NO6S/c1-3-28(24,25)21-11-10-15-12-16(6-9-18(15)21)19(22)13-27-17-7-4-14(5-8-17)20(23)26-2/h4-9,12H,3,10-11,13H2,1-2H3. The molecule has 0 aromatic heterocycles. The Hall–Kier alpha value is -2.87. The summed E-state index contributed by atoms with van der Waals surface area (Å²) in [6, 6.07) is 11.3. The minimum Gasteiger partial charge on any atom is -0.485 e. The molecule has 1 heterocycles. The van der Waals surface area contributed by atoms with Crippen LogP contribution in [0.25, 0.3) is 0 Å². The van der Waals surface area contributed by atoms with Gasteiger partial charge in [-0.3, -0.25) is 9.10 Å². The van der Waals surface area contributed by atoms with Gasteiger partial charge in [0.2, 0.25) is 10.0 Å². The van der Waals surface area contributed by atoms with Gasteiger partial charge in [-0.1, -0.05) is 0 Å². The van der Waals surface area contributed by atoms with Gasteiger partial charge in [0.1, 0.15) is 5.75 Å². The van der Waals surface area contributed by atoms with Crippen LogP contribution in [0.15, 0.2) is 42.5 Å². The van der Waals surface area contributed by atoms with Crippen molar-refractivity contribution < 1.29 is 27.5 Å². The third-order valence-corrected chi connectivity index (χ3v) is 6.38. The van der Waals surface area contributed by atoms with Gasteiger partial charge in [0.15, 0.2) is 12.4 Å². The lowest BCUT2D eigenvalue weighted by Crippen LogP contribution is -2.30. The van der Waals surface area contributed by atoms with Crippen LogP contribution in [0.3, 0.4) is 0 Å². The van der Waals surface area contributed by atoms with Crippen LogP contribution in [0, 0.1) is 0 Å². The van der Waals surface area contributed by atoms with Gasteiger partial charge < -0.3 is 9.47 Å². The van der Waals surface area contributed by atoms with Crippen LogP contribution in [-0.2, 0) is 21.2 Å². The van der Waals surface area contributed by atoms with E-state index in [1.165, 1.54) is 11.4 Å². The average molecular weight is 403 g/mol. The average Bonchev–Trinajstić information content (AvgIpc) is 3.16. The molecule has 0 aliphatic carbocycles. The van der Waals surface area contributed by atoms with E-state index < -0.39 is 16.0 Å². The van der Waals surface area contributed by atoms with Gasteiger partial charge in [-0.05, 0) is 61.4 Å². The van der Waals surface area contributed by atoms with Crippen molar-refractivity contribution in [2.75, 3.05) is 30.3 Å². The van der Waals surface area contributed by atoms with Crippen molar-refractivity contribution in [3.63, 3.8) is 0 Å². The number of Topliss-reactive ketones (excluding diaryl/α,β-unsaturated/α-hetero) is 1. The SMILES string of the molecule is CCS(=O)(=O)N1CCc2cc(C(=O)COc3ccc(C(=O)OC)cc3)ccc21. The Morgan fingerprint density at radius 3 is 2.39 bits per heavy atom. The van der Waals surface area contributed by atoms with E-state index >= 15 is 0 Å². The molecular formula is C20H21NO6S. The van der Waals surface area contributed by atoms with Crippen molar-refractivity contribution in [1.82, 2.24) is 0 Å².